The molecule has 6 rings (SSSR count). The molecule has 0 aliphatic rings. The number of carboxylic acids is 4. The minimum atomic E-state index is -1.29. The number of carbonyl (C=O) groups excluding carboxylic acids is 6. The van der Waals surface area contributed by atoms with Crippen LogP contribution in [0.1, 0.15) is 31.8 Å². The van der Waals surface area contributed by atoms with Crippen LogP contribution in [0.5, 0.6) is 0 Å². The number of fused-ring (bicyclic) bond motifs is 2. The Kier molecular flexibility index (Phi) is 26.8. The third kappa shape index (κ3) is 24.0. The predicted octanol–water partition coefficient (Wildman–Crippen LogP) is -1.03. The molecule has 0 radical (unpaired) electrons. The van der Waals surface area contributed by atoms with Crippen LogP contribution in [0, 0.1) is 0 Å². The number of carboxylic acid groups (broad SMARTS) is 4. The fourth-order valence-corrected chi connectivity index (χ4v) is 8.80. The molecule has 0 saturated carbocycles. The Bertz CT molecular complexity index is 3150. The Morgan fingerprint density at radius 2 is 0.625 bits per heavy atom. The number of carbonyl (C=O) groups is 10. The van der Waals surface area contributed by atoms with E-state index in [4.69, 9.17) is 0 Å². The third-order valence-electron chi connectivity index (χ3n) is 13.0. The lowest BCUT2D eigenvalue weighted by atomic mass is 10.1. The summed E-state index contributed by atoms with van der Waals surface area (Å²) in [6, 6.07) is 29.0. The molecular formula is C58H70N16O14. The van der Waals surface area contributed by atoms with Gasteiger partial charge in [0.2, 0.25) is 23.6 Å². The van der Waals surface area contributed by atoms with Crippen molar-refractivity contribution in [1.82, 2.24) is 71.4 Å². The van der Waals surface area contributed by atoms with Gasteiger partial charge in [-0.15, -0.1) is 0 Å². The highest BCUT2D eigenvalue weighted by Crippen LogP contribution is 2.21. The highest BCUT2D eigenvalue weighted by molar-refractivity contribution is 5.95. The average molecular weight is 1220 g/mol. The highest BCUT2D eigenvalue weighted by Gasteiger charge is 2.22. The summed E-state index contributed by atoms with van der Waals surface area (Å²) in [4.78, 5) is 146. The molecule has 12 N–H and O–H groups in total. The Labute approximate surface area is 504 Å². The van der Waals surface area contributed by atoms with Crippen LogP contribution in [-0.2, 0) is 51.4 Å². The number of hydrogen-bond donors (Lipinski definition) is 12. The summed E-state index contributed by atoms with van der Waals surface area (Å²) >= 11 is 0. The second-order valence-electron chi connectivity index (χ2n) is 19.9. The molecule has 0 unspecified atom stereocenters. The number of aliphatic carboxylic acids is 4. The standard InChI is InChI=1S/C58H70N16O14/c75-47(29-71(33-51(79)80)23-25-73(35-53(83)84)31-49(77)61-19-21-63-57(87)41-13-9-39(10-14-41)27-65-55-43-5-1-3-7-45(43)67-37-69-55)59-17-18-60-48(76)30-72(34-52(81)82)24-26-74(36-54(85)86)32-50(78)62-20-22-64-58(88)42-15-11-40(12-16-42)28-66-56-44-6-2-4-8-46(44)68-38-70-56/h1-16,37-38H,17-36H2,(H,59,75)(H,60,76)(H,61,77)(H,62,78)(H,63,87)(H,64,88)(H,79,80)(H,81,82)(H,83,84)(H,85,86)(H,65,67,69)(H,66,68,70). The van der Waals surface area contributed by atoms with Crippen molar-refractivity contribution in [1.29, 1.82) is 0 Å². The van der Waals surface area contributed by atoms with Gasteiger partial charge in [0.15, 0.2) is 0 Å². The summed E-state index contributed by atoms with van der Waals surface area (Å²) in [5.41, 5.74) is 4.17. The third-order valence-corrected chi connectivity index (χ3v) is 13.0. The van der Waals surface area contributed by atoms with Crippen LogP contribution < -0.4 is 42.5 Å². The molecule has 0 aliphatic carbocycles. The number of rotatable bonds is 39. The lowest BCUT2D eigenvalue weighted by molar-refractivity contribution is -0.141. The maximum Gasteiger partial charge on any atom is 0.317 e. The molecule has 0 spiro atoms. The first-order chi connectivity index (χ1) is 42.4. The second kappa shape index (κ2) is 35.2. The van der Waals surface area contributed by atoms with Crippen LogP contribution in [0.2, 0.25) is 0 Å². The Balaban J connectivity index is 0.844. The summed E-state index contributed by atoms with van der Waals surface area (Å²) < 4.78 is 0. The molecule has 0 aliphatic heterocycles. The van der Waals surface area contributed by atoms with Crippen LogP contribution in [-0.4, -0.2) is 237 Å². The van der Waals surface area contributed by atoms with Gasteiger partial charge in [0.05, 0.1) is 63.4 Å². The van der Waals surface area contributed by atoms with E-state index < -0.39 is 99.9 Å². The van der Waals surface area contributed by atoms with Gasteiger partial charge in [-0.05, 0) is 59.7 Å². The summed E-state index contributed by atoms with van der Waals surface area (Å²) in [5, 5.41) is 62.2. The van der Waals surface area contributed by atoms with Crippen molar-refractivity contribution < 1.29 is 68.4 Å². The van der Waals surface area contributed by atoms with Crippen LogP contribution in [0.25, 0.3) is 21.8 Å². The van der Waals surface area contributed by atoms with E-state index in [1.54, 1.807) is 48.5 Å². The lowest BCUT2D eigenvalue weighted by Gasteiger charge is -2.25. The molecule has 0 bridgehead atoms. The Hall–Kier alpha value is -10.3. The molecule has 2 heterocycles. The van der Waals surface area contributed by atoms with E-state index in [-0.39, 0.29) is 77.3 Å². The molecular weight excluding hydrogens is 1140 g/mol. The molecule has 466 valence electrons. The average Bonchev–Trinajstić information content (AvgIpc) is 3.70. The number of para-hydroxylation sites is 2. The number of aromatic nitrogens is 4. The number of hydrogen-bond acceptors (Lipinski definition) is 20. The molecule has 30 nitrogen and oxygen atoms in total. The zero-order valence-electron chi connectivity index (χ0n) is 48.0. The SMILES string of the molecule is O=C(O)CN(CCN(CC(=O)O)CC(=O)NCCNC(=O)c1ccc(CNc2ncnc3ccccc23)cc1)CC(=O)NCCNC(=O)CN(CCN(CC(=O)O)CC(=O)NCCNC(=O)c1ccc(CNc2ncnc3ccccc23)cc1)CC(=O)O. The molecule has 30 heteroatoms. The van der Waals surface area contributed by atoms with E-state index in [0.717, 1.165) is 32.9 Å². The molecule has 4 aromatic carbocycles. The van der Waals surface area contributed by atoms with Gasteiger partial charge < -0.3 is 63.0 Å². The van der Waals surface area contributed by atoms with Crippen LogP contribution in [0.3, 0.4) is 0 Å². The second-order valence-corrected chi connectivity index (χ2v) is 19.9. The van der Waals surface area contributed by atoms with Gasteiger partial charge in [-0.2, -0.15) is 0 Å². The zero-order chi connectivity index (χ0) is 63.2. The normalized spacial score (nSPS) is 11.1. The first kappa shape index (κ1) is 66.8. The van der Waals surface area contributed by atoms with Crippen molar-refractivity contribution in [2.45, 2.75) is 13.1 Å². The van der Waals surface area contributed by atoms with Crippen LogP contribution in [0.4, 0.5) is 11.6 Å². The summed E-state index contributed by atoms with van der Waals surface area (Å²) in [7, 11) is 0. The fraction of sp³-hybridized carbons (Fsp3) is 0.345. The van der Waals surface area contributed by atoms with Crippen molar-refractivity contribution in [3.05, 3.63) is 132 Å². The van der Waals surface area contributed by atoms with Crippen molar-refractivity contribution in [2.24, 2.45) is 0 Å². The smallest absolute Gasteiger partial charge is 0.317 e. The van der Waals surface area contributed by atoms with Gasteiger partial charge in [0.25, 0.3) is 11.8 Å². The van der Waals surface area contributed by atoms with Crippen molar-refractivity contribution in [2.75, 3.05) is 128 Å². The Morgan fingerprint density at radius 1 is 0.341 bits per heavy atom. The number of nitrogens with one attached hydrogen (secondary N) is 8. The van der Waals surface area contributed by atoms with Gasteiger partial charge in [-0.25, -0.2) is 19.9 Å². The first-order valence-electron chi connectivity index (χ1n) is 27.8. The van der Waals surface area contributed by atoms with E-state index in [1.807, 2.05) is 48.5 Å². The molecule has 0 fully saturated rings. The maximum atomic E-state index is 12.9. The summed E-state index contributed by atoms with van der Waals surface area (Å²) in [6.45, 7) is -3.94. The topological polar surface area (TPSA) is 412 Å². The quantitative estimate of drug-likeness (QED) is 0.0205. The van der Waals surface area contributed by atoms with Crippen molar-refractivity contribution >= 4 is 92.8 Å². The first-order valence-corrected chi connectivity index (χ1v) is 27.8. The van der Waals surface area contributed by atoms with E-state index in [2.05, 4.69) is 62.5 Å². The van der Waals surface area contributed by atoms with Gasteiger partial charge >= 0.3 is 23.9 Å². The predicted molar refractivity (Wildman–Crippen MR) is 320 cm³/mol. The number of anilines is 2. The minimum absolute atomic E-state index is 0.0122. The fourth-order valence-electron chi connectivity index (χ4n) is 8.80. The molecule has 6 amide bonds. The van der Waals surface area contributed by atoms with Gasteiger partial charge in [-0.3, -0.25) is 67.5 Å². The maximum absolute atomic E-state index is 12.9. The van der Waals surface area contributed by atoms with E-state index >= 15 is 0 Å². The summed E-state index contributed by atoms with van der Waals surface area (Å²) in [6.07, 6.45) is 2.96. The van der Waals surface area contributed by atoms with E-state index in [0.29, 0.717) is 35.9 Å². The van der Waals surface area contributed by atoms with Gasteiger partial charge in [0.1, 0.15) is 24.3 Å². The van der Waals surface area contributed by atoms with Gasteiger partial charge in [-0.1, -0.05) is 48.5 Å². The van der Waals surface area contributed by atoms with E-state index in [9.17, 15) is 68.4 Å². The van der Waals surface area contributed by atoms with Crippen LogP contribution in [0.15, 0.2) is 110 Å². The zero-order valence-corrected chi connectivity index (χ0v) is 48.0. The Morgan fingerprint density at radius 3 is 0.920 bits per heavy atom. The highest BCUT2D eigenvalue weighted by atomic mass is 16.4. The minimum Gasteiger partial charge on any atom is -0.480 e. The molecule has 6 aromatic rings. The number of amides is 6. The molecule has 0 saturated heterocycles. The van der Waals surface area contributed by atoms with Crippen LogP contribution >= 0.6 is 0 Å². The van der Waals surface area contributed by atoms with Crippen molar-refractivity contribution in [3.8, 4) is 0 Å². The monoisotopic (exact) mass is 1210 g/mol. The van der Waals surface area contributed by atoms with Crippen molar-refractivity contribution in [3.63, 3.8) is 0 Å². The largest absolute Gasteiger partial charge is 0.480 e. The van der Waals surface area contributed by atoms with E-state index in [1.165, 1.54) is 32.3 Å². The summed E-state index contributed by atoms with van der Waals surface area (Å²) in [5.74, 6) is -6.99. The number of nitrogens with zero attached hydrogens (tertiary/aromatic N) is 8. The molecule has 0 atom stereocenters. The van der Waals surface area contributed by atoms with Gasteiger partial charge in [0, 0.05) is 100 Å². The lowest BCUT2D eigenvalue weighted by Crippen LogP contribution is -2.48. The molecule has 2 aromatic heterocycles. The number of benzene rings is 4. The molecule has 88 heavy (non-hydrogen) atoms.